The molecule has 1 aliphatic rings. The van der Waals surface area contributed by atoms with Crippen molar-refractivity contribution in [3.05, 3.63) is 23.2 Å². The van der Waals surface area contributed by atoms with Gasteiger partial charge in [0.1, 0.15) is 0 Å². The summed E-state index contributed by atoms with van der Waals surface area (Å²) < 4.78 is 10.6. The van der Waals surface area contributed by atoms with Crippen LogP contribution in [0, 0.1) is 0 Å². The quantitative estimate of drug-likeness (QED) is 0.531. The molecule has 0 spiro atoms. The number of hydrogen-bond donors (Lipinski definition) is 1. The molecule has 1 aromatic carbocycles. The second-order valence-electron chi connectivity index (χ2n) is 2.85. The molecule has 1 heterocycles. The molecule has 13 heavy (non-hydrogen) atoms. The van der Waals surface area contributed by atoms with Gasteiger partial charge in [0.15, 0.2) is 0 Å². The molecule has 0 saturated carbocycles. The summed E-state index contributed by atoms with van der Waals surface area (Å²) in [6.07, 6.45) is 0. The second kappa shape index (κ2) is 3.58. The minimum Gasteiger partial charge on any atom is -0.405 e. The third-order valence-corrected chi connectivity index (χ3v) is 2.26. The number of halogens is 1. The molecule has 2 rings (SSSR count). The van der Waals surface area contributed by atoms with Gasteiger partial charge in [0.2, 0.25) is 0 Å². The first kappa shape index (κ1) is 8.87. The minimum atomic E-state index is -0.278. The molecular formula is C8H9BClNO2. The molecule has 0 aromatic heterocycles. The van der Waals surface area contributed by atoms with E-state index in [1.54, 1.807) is 12.1 Å². The third-order valence-electron chi connectivity index (χ3n) is 1.91. The molecule has 0 amide bonds. The number of nitrogen functional groups attached to an aromatic ring is 1. The van der Waals surface area contributed by atoms with Crippen LogP contribution in [0.1, 0.15) is 0 Å². The van der Waals surface area contributed by atoms with E-state index in [-0.39, 0.29) is 7.12 Å². The molecule has 0 aliphatic carbocycles. The molecule has 1 saturated heterocycles. The predicted molar refractivity (Wildman–Crippen MR) is 53.2 cm³/mol. The molecule has 1 aromatic rings. The van der Waals surface area contributed by atoms with Gasteiger partial charge in [0.25, 0.3) is 0 Å². The molecule has 3 nitrogen and oxygen atoms in total. The molecular weight excluding hydrogens is 188 g/mol. The fourth-order valence-electron chi connectivity index (χ4n) is 1.26. The van der Waals surface area contributed by atoms with Crippen molar-refractivity contribution in [2.45, 2.75) is 0 Å². The average molecular weight is 197 g/mol. The standard InChI is InChI=1S/C8H9BClNO2/c10-7-2-1-6(5-8(7)11)9-12-3-4-13-9/h1-2,5H,3-4,11H2. The number of nitrogens with two attached hydrogens (primary N) is 1. The Hall–Kier alpha value is -0.705. The fourth-order valence-corrected chi connectivity index (χ4v) is 1.38. The summed E-state index contributed by atoms with van der Waals surface area (Å²) >= 11 is 5.78. The van der Waals surface area contributed by atoms with Crippen LogP contribution in [0.4, 0.5) is 5.69 Å². The highest BCUT2D eigenvalue weighted by Crippen LogP contribution is 2.16. The lowest BCUT2D eigenvalue weighted by Crippen LogP contribution is -2.31. The number of rotatable bonds is 1. The van der Waals surface area contributed by atoms with E-state index in [0.29, 0.717) is 23.9 Å². The summed E-state index contributed by atoms with van der Waals surface area (Å²) in [6.45, 7) is 1.26. The molecule has 68 valence electrons. The van der Waals surface area contributed by atoms with Gasteiger partial charge in [0, 0.05) is 5.69 Å². The van der Waals surface area contributed by atoms with Gasteiger partial charge in [-0.3, -0.25) is 0 Å². The minimum absolute atomic E-state index is 0.278. The van der Waals surface area contributed by atoms with E-state index in [9.17, 15) is 0 Å². The van der Waals surface area contributed by atoms with Crippen LogP contribution in [-0.4, -0.2) is 20.3 Å². The SMILES string of the molecule is Nc1cc(B2OCCO2)ccc1Cl. The molecule has 0 atom stereocenters. The van der Waals surface area contributed by atoms with Crippen LogP contribution in [0.3, 0.4) is 0 Å². The largest absolute Gasteiger partial charge is 0.494 e. The van der Waals surface area contributed by atoms with E-state index in [2.05, 4.69) is 0 Å². The van der Waals surface area contributed by atoms with Gasteiger partial charge in [-0.15, -0.1) is 0 Å². The zero-order chi connectivity index (χ0) is 9.26. The Morgan fingerprint density at radius 1 is 1.31 bits per heavy atom. The topological polar surface area (TPSA) is 44.5 Å². The van der Waals surface area contributed by atoms with Crippen LogP contribution in [0.2, 0.25) is 5.02 Å². The second-order valence-corrected chi connectivity index (χ2v) is 3.26. The van der Waals surface area contributed by atoms with Crippen molar-refractivity contribution >= 4 is 29.9 Å². The summed E-state index contributed by atoms with van der Waals surface area (Å²) in [5.41, 5.74) is 7.12. The summed E-state index contributed by atoms with van der Waals surface area (Å²) in [5.74, 6) is 0. The van der Waals surface area contributed by atoms with Crippen molar-refractivity contribution < 1.29 is 9.31 Å². The van der Waals surface area contributed by atoms with Crippen LogP contribution < -0.4 is 11.2 Å². The van der Waals surface area contributed by atoms with Crippen molar-refractivity contribution in [2.75, 3.05) is 18.9 Å². The van der Waals surface area contributed by atoms with E-state index in [1.165, 1.54) is 0 Å². The Balaban J connectivity index is 2.25. The maximum absolute atomic E-state index is 5.78. The number of anilines is 1. The fraction of sp³-hybridized carbons (Fsp3) is 0.250. The molecule has 0 bridgehead atoms. The first-order valence-electron chi connectivity index (χ1n) is 4.05. The Morgan fingerprint density at radius 2 is 2.00 bits per heavy atom. The molecule has 5 heteroatoms. The van der Waals surface area contributed by atoms with Gasteiger partial charge in [-0.1, -0.05) is 17.7 Å². The highest BCUT2D eigenvalue weighted by molar-refractivity contribution is 6.62. The molecule has 0 radical (unpaired) electrons. The summed E-state index contributed by atoms with van der Waals surface area (Å²) in [6, 6.07) is 5.38. The van der Waals surface area contributed by atoms with Crippen molar-refractivity contribution in [2.24, 2.45) is 0 Å². The lowest BCUT2D eigenvalue weighted by molar-refractivity contribution is 0.365. The zero-order valence-corrected chi connectivity index (χ0v) is 7.75. The van der Waals surface area contributed by atoms with Gasteiger partial charge in [-0.25, -0.2) is 0 Å². The number of benzene rings is 1. The predicted octanol–water partition coefficient (Wildman–Crippen LogP) is 0.664. The lowest BCUT2D eigenvalue weighted by Gasteiger charge is -2.05. The maximum atomic E-state index is 5.78. The monoisotopic (exact) mass is 197 g/mol. The third kappa shape index (κ3) is 1.80. The average Bonchev–Trinajstić information content (AvgIpc) is 2.62. The van der Waals surface area contributed by atoms with Crippen LogP contribution in [0.15, 0.2) is 18.2 Å². The lowest BCUT2D eigenvalue weighted by atomic mass is 9.79. The highest BCUT2D eigenvalue weighted by Gasteiger charge is 2.26. The molecule has 1 fully saturated rings. The van der Waals surface area contributed by atoms with Crippen molar-refractivity contribution in [3.8, 4) is 0 Å². The van der Waals surface area contributed by atoms with E-state index >= 15 is 0 Å². The van der Waals surface area contributed by atoms with E-state index in [0.717, 1.165) is 5.46 Å². The Kier molecular flexibility index (Phi) is 2.44. The van der Waals surface area contributed by atoms with Crippen molar-refractivity contribution in [3.63, 3.8) is 0 Å². The van der Waals surface area contributed by atoms with Gasteiger partial charge in [-0.2, -0.15) is 0 Å². The normalized spacial score (nSPS) is 16.5. The van der Waals surface area contributed by atoms with E-state index in [4.69, 9.17) is 26.6 Å². The van der Waals surface area contributed by atoms with Crippen LogP contribution in [0.25, 0.3) is 0 Å². The van der Waals surface area contributed by atoms with Gasteiger partial charge < -0.3 is 15.0 Å². The Bertz CT molecular complexity index is 315. The Labute approximate surface area is 81.9 Å². The zero-order valence-electron chi connectivity index (χ0n) is 7.00. The van der Waals surface area contributed by atoms with Crippen molar-refractivity contribution in [1.82, 2.24) is 0 Å². The molecule has 0 unspecified atom stereocenters. The first-order valence-corrected chi connectivity index (χ1v) is 4.43. The molecule has 2 N–H and O–H groups in total. The van der Waals surface area contributed by atoms with Gasteiger partial charge in [-0.05, 0) is 17.6 Å². The summed E-state index contributed by atoms with van der Waals surface area (Å²) in [4.78, 5) is 0. The van der Waals surface area contributed by atoms with Gasteiger partial charge >= 0.3 is 7.12 Å². The highest BCUT2D eigenvalue weighted by atomic mass is 35.5. The van der Waals surface area contributed by atoms with Crippen LogP contribution in [0.5, 0.6) is 0 Å². The van der Waals surface area contributed by atoms with E-state index < -0.39 is 0 Å². The first-order chi connectivity index (χ1) is 6.27. The summed E-state index contributed by atoms with van der Waals surface area (Å²) in [5, 5.41) is 0.557. The number of hydrogen-bond acceptors (Lipinski definition) is 3. The van der Waals surface area contributed by atoms with E-state index in [1.807, 2.05) is 6.07 Å². The van der Waals surface area contributed by atoms with Crippen molar-refractivity contribution in [1.29, 1.82) is 0 Å². The maximum Gasteiger partial charge on any atom is 0.494 e. The Morgan fingerprint density at radius 3 is 2.62 bits per heavy atom. The van der Waals surface area contributed by atoms with Crippen LogP contribution >= 0.6 is 11.6 Å². The van der Waals surface area contributed by atoms with Gasteiger partial charge in [0.05, 0.1) is 18.2 Å². The molecule has 1 aliphatic heterocycles. The van der Waals surface area contributed by atoms with Crippen LogP contribution in [-0.2, 0) is 9.31 Å². The smallest absolute Gasteiger partial charge is 0.405 e. The summed E-state index contributed by atoms with van der Waals surface area (Å²) in [7, 11) is -0.278.